The van der Waals surface area contributed by atoms with E-state index in [1.54, 1.807) is 24.0 Å². The highest BCUT2D eigenvalue weighted by molar-refractivity contribution is 5.96. The van der Waals surface area contributed by atoms with Gasteiger partial charge in [0.2, 0.25) is 12.7 Å². The van der Waals surface area contributed by atoms with Crippen molar-refractivity contribution in [3.8, 4) is 11.5 Å². The second kappa shape index (κ2) is 6.82. The molecule has 0 radical (unpaired) electrons. The number of hydrogen-bond donors (Lipinski definition) is 0. The van der Waals surface area contributed by atoms with E-state index in [1.165, 1.54) is 0 Å². The van der Waals surface area contributed by atoms with Crippen LogP contribution in [0, 0.1) is 5.92 Å². The van der Waals surface area contributed by atoms with Gasteiger partial charge in [-0.05, 0) is 36.6 Å². The van der Waals surface area contributed by atoms with Gasteiger partial charge in [0.25, 0.3) is 0 Å². The zero-order valence-corrected chi connectivity index (χ0v) is 14.7. The molecule has 0 atom stereocenters. The molecule has 0 bridgehead atoms. The Kier molecular flexibility index (Phi) is 4.36. The number of hydrogen-bond acceptors (Lipinski definition) is 5. The number of ether oxygens (including phenoxy) is 2. The van der Waals surface area contributed by atoms with Gasteiger partial charge in [0, 0.05) is 32.3 Å². The van der Waals surface area contributed by atoms with Crippen LogP contribution in [0.25, 0.3) is 0 Å². The van der Waals surface area contributed by atoms with Crippen molar-refractivity contribution in [3.63, 3.8) is 0 Å². The van der Waals surface area contributed by atoms with Gasteiger partial charge < -0.3 is 14.4 Å². The number of amides is 1. The molecule has 0 spiro atoms. The van der Waals surface area contributed by atoms with Gasteiger partial charge >= 0.3 is 0 Å². The molecule has 0 aliphatic carbocycles. The summed E-state index contributed by atoms with van der Waals surface area (Å²) >= 11 is 0. The third-order valence-corrected chi connectivity index (χ3v) is 5.08. The third-order valence-electron chi connectivity index (χ3n) is 5.08. The van der Waals surface area contributed by atoms with E-state index in [1.807, 2.05) is 23.1 Å². The van der Waals surface area contributed by atoms with Crippen LogP contribution in [0.4, 0.5) is 0 Å². The lowest BCUT2D eigenvalue weighted by Gasteiger charge is -2.31. The molecule has 0 saturated carbocycles. The Morgan fingerprint density at radius 2 is 1.92 bits per heavy atom. The number of Topliss-reactive ketones (excluding diaryl/α,β-unsaturated/α-hetero) is 1. The van der Waals surface area contributed by atoms with Crippen LogP contribution in [0.2, 0.25) is 0 Å². The molecule has 0 unspecified atom stereocenters. The summed E-state index contributed by atoms with van der Waals surface area (Å²) in [6.45, 7) is 1.44. The molecule has 4 rings (SSSR count). The standard InChI is InChI=1S/C19H21N3O4/c1-21-15(4-7-20-21)19(24)14-5-8-22(9-6-14)18(23)11-13-2-3-16-17(10-13)26-12-25-16/h2-4,7,10,14H,5-6,8-9,11-12H2,1H3. The van der Waals surface area contributed by atoms with E-state index in [4.69, 9.17) is 9.47 Å². The highest BCUT2D eigenvalue weighted by atomic mass is 16.7. The van der Waals surface area contributed by atoms with Crippen LogP contribution in [0.1, 0.15) is 28.9 Å². The Balaban J connectivity index is 1.33. The zero-order valence-electron chi connectivity index (χ0n) is 14.7. The summed E-state index contributed by atoms with van der Waals surface area (Å²) < 4.78 is 12.3. The molecule has 3 heterocycles. The van der Waals surface area contributed by atoms with Crippen molar-refractivity contribution in [2.45, 2.75) is 19.3 Å². The van der Waals surface area contributed by atoms with E-state index in [9.17, 15) is 9.59 Å². The molecule has 26 heavy (non-hydrogen) atoms. The lowest BCUT2D eigenvalue weighted by molar-refractivity contribution is -0.131. The minimum absolute atomic E-state index is 0.0417. The van der Waals surface area contributed by atoms with Crippen LogP contribution in [0.5, 0.6) is 11.5 Å². The average molecular weight is 355 g/mol. The third kappa shape index (κ3) is 3.16. The Labute approximate surface area is 151 Å². The van der Waals surface area contributed by atoms with Crippen molar-refractivity contribution in [2.75, 3.05) is 19.9 Å². The second-order valence-electron chi connectivity index (χ2n) is 6.72. The van der Waals surface area contributed by atoms with Crippen LogP contribution in [0.15, 0.2) is 30.5 Å². The molecule has 2 aliphatic heterocycles. The first kappa shape index (κ1) is 16.6. The van der Waals surface area contributed by atoms with Gasteiger partial charge in [-0.2, -0.15) is 5.10 Å². The number of likely N-dealkylation sites (tertiary alicyclic amines) is 1. The van der Waals surface area contributed by atoms with Gasteiger partial charge in [0.05, 0.1) is 6.42 Å². The minimum Gasteiger partial charge on any atom is -0.454 e. The van der Waals surface area contributed by atoms with E-state index in [0.717, 1.165) is 11.3 Å². The van der Waals surface area contributed by atoms with Crippen LogP contribution in [0.3, 0.4) is 0 Å². The fourth-order valence-electron chi connectivity index (χ4n) is 3.55. The van der Waals surface area contributed by atoms with Crippen molar-refractivity contribution in [1.29, 1.82) is 0 Å². The molecular weight excluding hydrogens is 334 g/mol. The van der Waals surface area contributed by atoms with Gasteiger partial charge in [0.15, 0.2) is 17.3 Å². The van der Waals surface area contributed by atoms with Crippen molar-refractivity contribution in [2.24, 2.45) is 13.0 Å². The lowest BCUT2D eigenvalue weighted by atomic mass is 9.90. The van der Waals surface area contributed by atoms with Gasteiger partial charge in [-0.15, -0.1) is 0 Å². The SMILES string of the molecule is Cn1nccc1C(=O)C1CCN(C(=O)Cc2ccc3c(c2)OCO3)CC1. The van der Waals surface area contributed by atoms with Crippen molar-refractivity contribution in [3.05, 3.63) is 41.7 Å². The predicted octanol–water partition coefficient (Wildman–Crippen LogP) is 1.81. The monoisotopic (exact) mass is 355 g/mol. The number of benzene rings is 1. The van der Waals surface area contributed by atoms with Crippen LogP contribution < -0.4 is 9.47 Å². The summed E-state index contributed by atoms with van der Waals surface area (Å²) in [5.41, 5.74) is 1.54. The molecule has 1 saturated heterocycles. The second-order valence-corrected chi connectivity index (χ2v) is 6.72. The zero-order chi connectivity index (χ0) is 18.1. The van der Waals surface area contributed by atoms with Crippen molar-refractivity contribution < 1.29 is 19.1 Å². The molecule has 1 aromatic heterocycles. The van der Waals surface area contributed by atoms with E-state index >= 15 is 0 Å². The number of carbonyl (C=O) groups excluding carboxylic acids is 2. The minimum atomic E-state index is -0.0417. The first-order chi connectivity index (χ1) is 12.6. The molecule has 136 valence electrons. The molecule has 7 heteroatoms. The Hall–Kier alpha value is -2.83. The molecule has 1 amide bonds. The smallest absolute Gasteiger partial charge is 0.231 e. The maximum atomic E-state index is 12.6. The fraction of sp³-hybridized carbons (Fsp3) is 0.421. The first-order valence-electron chi connectivity index (χ1n) is 8.80. The molecule has 2 aromatic rings. The number of fused-ring (bicyclic) bond motifs is 1. The summed E-state index contributed by atoms with van der Waals surface area (Å²) in [7, 11) is 1.78. The summed E-state index contributed by atoms with van der Waals surface area (Å²) in [6.07, 6.45) is 3.35. The van der Waals surface area contributed by atoms with Crippen molar-refractivity contribution >= 4 is 11.7 Å². The fourth-order valence-corrected chi connectivity index (χ4v) is 3.55. The number of piperidine rings is 1. The van der Waals surface area contributed by atoms with Crippen LogP contribution in [-0.4, -0.2) is 46.3 Å². The molecular formula is C19H21N3O4. The number of nitrogens with zero attached hydrogens (tertiary/aromatic N) is 3. The Morgan fingerprint density at radius 1 is 1.15 bits per heavy atom. The van der Waals surface area contributed by atoms with Crippen LogP contribution >= 0.6 is 0 Å². The van der Waals surface area contributed by atoms with E-state index in [2.05, 4.69) is 5.10 Å². The highest BCUT2D eigenvalue weighted by Crippen LogP contribution is 2.32. The Morgan fingerprint density at radius 3 is 2.65 bits per heavy atom. The van der Waals surface area contributed by atoms with Gasteiger partial charge in [-0.25, -0.2) is 0 Å². The molecule has 1 fully saturated rings. The average Bonchev–Trinajstić information content (AvgIpc) is 3.29. The number of ketones is 1. The highest BCUT2D eigenvalue weighted by Gasteiger charge is 2.29. The first-order valence-corrected chi connectivity index (χ1v) is 8.80. The lowest BCUT2D eigenvalue weighted by Crippen LogP contribution is -2.41. The van der Waals surface area contributed by atoms with Crippen molar-refractivity contribution in [1.82, 2.24) is 14.7 Å². The topological polar surface area (TPSA) is 73.7 Å². The van der Waals surface area contributed by atoms with E-state index in [-0.39, 0.29) is 24.4 Å². The predicted molar refractivity (Wildman–Crippen MR) is 93.1 cm³/mol. The van der Waals surface area contributed by atoms with Gasteiger partial charge in [-0.1, -0.05) is 6.07 Å². The number of rotatable bonds is 4. The summed E-state index contributed by atoms with van der Waals surface area (Å²) in [5.74, 6) is 1.56. The van der Waals surface area contributed by atoms with Crippen LogP contribution in [-0.2, 0) is 18.3 Å². The quantitative estimate of drug-likeness (QED) is 0.782. The Bertz CT molecular complexity index is 837. The molecule has 7 nitrogen and oxygen atoms in total. The van der Waals surface area contributed by atoms with Gasteiger partial charge in [-0.3, -0.25) is 14.3 Å². The van der Waals surface area contributed by atoms with E-state index in [0.29, 0.717) is 43.8 Å². The molecule has 0 N–H and O–H groups in total. The molecule has 1 aromatic carbocycles. The number of carbonyl (C=O) groups is 2. The number of aromatic nitrogens is 2. The summed E-state index contributed by atoms with van der Waals surface area (Å²) in [4.78, 5) is 27.0. The maximum Gasteiger partial charge on any atom is 0.231 e. The summed E-state index contributed by atoms with van der Waals surface area (Å²) in [6, 6.07) is 7.34. The van der Waals surface area contributed by atoms with E-state index < -0.39 is 0 Å². The number of aryl methyl sites for hydroxylation is 1. The van der Waals surface area contributed by atoms with Gasteiger partial charge in [0.1, 0.15) is 5.69 Å². The summed E-state index contributed by atoms with van der Waals surface area (Å²) in [5, 5.41) is 4.06. The maximum absolute atomic E-state index is 12.6. The largest absolute Gasteiger partial charge is 0.454 e. The molecule has 2 aliphatic rings. The normalized spacial score (nSPS) is 16.7.